The van der Waals surface area contributed by atoms with Gasteiger partial charge in [0.05, 0.1) is 0 Å². The van der Waals surface area contributed by atoms with Gasteiger partial charge in [0, 0.05) is 35.5 Å². The second-order valence-corrected chi connectivity index (χ2v) is 5.12. The number of hydrogen-bond acceptors (Lipinski definition) is 1. The molecule has 0 aromatic heterocycles. The molecule has 0 aromatic carbocycles. The first kappa shape index (κ1) is 8.30. The van der Waals surface area contributed by atoms with Crippen LogP contribution in [0.4, 0.5) is 0 Å². The van der Waals surface area contributed by atoms with Gasteiger partial charge in [0.25, 0.3) is 0 Å². The summed E-state index contributed by atoms with van der Waals surface area (Å²) in [5.74, 6) is 1.06. The average molecular weight is 265 g/mol. The maximum absolute atomic E-state index is 2.56. The molecule has 2 fully saturated rings. The molecule has 2 unspecified atom stereocenters. The molecule has 2 atom stereocenters. The van der Waals surface area contributed by atoms with Gasteiger partial charge in [-0.2, -0.15) is 0 Å². The predicted molar refractivity (Wildman–Crippen MR) is 55.7 cm³/mol. The number of nitrogens with zero attached hydrogens (tertiary/aromatic N) is 1. The lowest BCUT2D eigenvalue weighted by molar-refractivity contribution is 0.127. The molecule has 2 heteroatoms. The summed E-state index contributed by atoms with van der Waals surface area (Å²) < 4.78 is 2.56. The number of hydrogen-bond donors (Lipinski definition) is 0. The Balaban J connectivity index is 1.91. The number of halogens is 1. The van der Waals surface area contributed by atoms with Crippen LogP contribution in [0.5, 0.6) is 0 Å². The summed E-state index contributed by atoms with van der Waals surface area (Å²) in [6.45, 7) is 1.34. The normalized spacial score (nSPS) is 40.1. The Morgan fingerprint density at radius 1 is 1.00 bits per heavy atom. The first-order chi connectivity index (χ1) is 5.38. The fourth-order valence-corrected chi connectivity index (χ4v) is 3.34. The zero-order chi connectivity index (χ0) is 7.68. The van der Waals surface area contributed by atoms with E-state index in [1.165, 1.54) is 45.1 Å². The SMILES string of the molecule is IN1CCCCCC2CCC21. The van der Waals surface area contributed by atoms with Crippen LogP contribution >= 0.6 is 22.9 Å². The lowest BCUT2D eigenvalue weighted by atomic mass is 9.75. The van der Waals surface area contributed by atoms with Crippen LogP contribution in [0.15, 0.2) is 0 Å². The van der Waals surface area contributed by atoms with Crippen LogP contribution in [-0.2, 0) is 0 Å². The van der Waals surface area contributed by atoms with Crippen molar-refractivity contribution >= 4 is 22.9 Å². The molecule has 1 nitrogen and oxygen atoms in total. The maximum atomic E-state index is 2.56. The number of fused-ring (bicyclic) bond motifs is 1. The van der Waals surface area contributed by atoms with Crippen molar-refractivity contribution in [3.63, 3.8) is 0 Å². The van der Waals surface area contributed by atoms with Crippen molar-refractivity contribution in [3.05, 3.63) is 0 Å². The summed E-state index contributed by atoms with van der Waals surface area (Å²) in [7, 11) is 0. The van der Waals surface area contributed by atoms with Crippen molar-refractivity contribution in [1.82, 2.24) is 3.11 Å². The van der Waals surface area contributed by atoms with Gasteiger partial charge >= 0.3 is 0 Å². The first-order valence-corrected chi connectivity index (χ1v) is 5.77. The lowest BCUT2D eigenvalue weighted by Gasteiger charge is -2.43. The van der Waals surface area contributed by atoms with E-state index in [0.29, 0.717) is 0 Å². The van der Waals surface area contributed by atoms with E-state index in [1.807, 2.05) is 0 Å². The molecule has 0 bridgehead atoms. The van der Waals surface area contributed by atoms with Crippen LogP contribution in [-0.4, -0.2) is 15.7 Å². The molecular formula is C9H16IN. The average Bonchev–Trinajstić information content (AvgIpc) is 1.92. The molecule has 1 heterocycles. The van der Waals surface area contributed by atoms with Gasteiger partial charge in [-0.1, -0.05) is 12.8 Å². The Hall–Kier alpha value is 0.690. The summed E-state index contributed by atoms with van der Waals surface area (Å²) >= 11 is 2.52. The molecular weight excluding hydrogens is 249 g/mol. The van der Waals surface area contributed by atoms with Crippen molar-refractivity contribution in [1.29, 1.82) is 0 Å². The van der Waals surface area contributed by atoms with Gasteiger partial charge in [-0.15, -0.1) is 0 Å². The fraction of sp³-hybridized carbons (Fsp3) is 1.00. The molecule has 2 rings (SSSR count). The van der Waals surface area contributed by atoms with Crippen molar-refractivity contribution in [2.24, 2.45) is 5.92 Å². The smallest absolute Gasteiger partial charge is 0.0222 e. The third-order valence-electron chi connectivity index (χ3n) is 3.18. The van der Waals surface area contributed by atoms with E-state index < -0.39 is 0 Å². The Morgan fingerprint density at radius 2 is 1.91 bits per heavy atom. The van der Waals surface area contributed by atoms with Gasteiger partial charge in [-0.3, -0.25) is 0 Å². The highest BCUT2D eigenvalue weighted by molar-refractivity contribution is 14.1. The van der Waals surface area contributed by atoms with Crippen LogP contribution in [0.25, 0.3) is 0 Å². The van der Waals surface area contributed by atoms with E-state index in [2.05, 4.69) is 26.0 Å². The molecule has 1 saturated carbocycles. The van der Waals surface area contributed by atoms with Crippen molar-refractivity contribution in [2.75, 3.05) is 6.54 Å². The third kappa shape index (κ3) is 1.72. The van der Waals surface area contributed by atoms with Gasteiger partial charge in [0.2, 0.25) is 0 Å². The van der Waals surface area contributed by atoms with Crippen LogP contribution < -0.4 is 0 Å². The van der Waals surface area contributed by atoms with E-state index >= 15 is 0 Å². The molecule has 0 radical (unpaired) electrons. The minimum atomic E-state index is 0.955. The van der Waals surface area contributed by atoms with Crippen molar-refractivity contribution < 1.29 is 0 Å². The Labute approximate surface area is 83.0 Å². The minimum Gasteiger partial charge on any atom is -0.244 e. The largest absolute Gasteiger partial charge is 0.244 e. The molecule has 64 valence electrons. The molecule has 0 N–H and O–H groups in total. The van der Waals surface area contributed by atoms with Gasteiger partial charge in [0.15, 0.2) is 0 Å². The Kier molecular flexibility index (Phi) is 2.72. The van der Waals surface area contributed by atoms with Gasteiger partial charge in [0.1, 0.15) is 0 Å². The highest BCUT2D eigenvalue weighted by atomic mass is 127. The van der Waals surface area contributed by atoms with E-state index in [9.17, 15) is 0 Å². The molecule has 0 amide bonds. The second-order valence-electron chi connectivity index (χ2n) is 3.88. The predicted octanol–water partition coefficient (Wildman–Crippen LogP) is 2.99. The zero-order valence-electron chi connectivity index (χ0n) is 6.93. The third-order valence-corrected chi connectivity index (χ3v) is 4.38. The standard InChI is InChI=1S/C9H16IN/c10-11-7-3-1-2-4-8-5-6-9(8)11/h8-9H,1-7H2. The molecule has 1 aliphatic carbocycles. The van der Waals surface area contributed by atoms with Crippen molar-refractivity contribution in [2.45, 2.75) is 44.6 Å². The molecule has 2 aliphatic rings. The van der Waals surface area contributed by atoms with Gasteiger partial charge < -0.3 is 0 Å². The topological polar surface area (TPSA) is 3.24 Å². The summed E-state index contributed by atoms with van der Waals surface area (Å²) in [4.78, 5) is 0. The fourth-order valence-electron chi connectivity index (χ4n) is 2.27. The maximum Gasteiger partial charge on any atom is 0.0222 e. The van der Waals surface area contributed by atoms with Crippen molar-refractivity contribution in [3.8, 4) is 0 Å². The molecule has 1 aliphatic heterocycles. The van der Waals surface area contributed by atoms with Gasteiger partial charge in [-0.05, 0) is 31.6 Å². The summed E-state index contributed by atoms with van der Waals surface area (Å²) in [5, 5.41) is 0. The van der Waals surface area contributed by atoms with E-state index in [-0.39, 0.29) is 0 Å². The lowest BCUT2D eigenvalue weighted by Crippen LogP contribution is -2.43. The van der Waals surface area contributed by atoms with E-state index in [1.54, 1.807) is 0 Å². The van der Waals surface area contributed by atoms with Gasteiger partial charge in [-0.25, -0.2) is 3.11 Å². The van der Waals surface area contributed by atoms with Crippen LogP contribution in [0.1, 0.15) is 38.5 Å². The Morgan fingerprint density at radius 3 is 2.64 bits per heavy atom. The molecule has 0 spiro atoms. The van der Waals surface area contributed by atoms with Crippen LogP contribution in [0.3, 0.4) is 0 Å². The van der Waals surface area contributed by atoms with E-state index in [4.69, 9.17) is 0 Å². The highest BCUT2D eigenvalue weighted by Gasteiger charge is 2.34. The monoisotopic (exact) mass is 265 g/mol. The summed E-state index contributed by atoms with van der Waals surface area (Å²) in [5.41, 5.74) is 0. The number of rotatable bonds is 0. The van der Waals surface area contributed by atoms with Crippen LogP contribution in [0, 0.1) is 5.92 Å². The zero-order valence-corrected chi connectivity index (χ0v) is 9.09. The second kappa shape index (κ2) is 3.60. The summed E-state index contributed by atoms with van der Waals surface area (Å²) in [6.07, 6.45) is 8.85. The minimum absolute atomic E-state index is 0.955. The first-order valence-electron chi connectivity index (χ1n) is 4.80. The van der Waals surface area contributed by atoms with E-state index in [0.717, 1.165) is 12.0 Å². The van der Waals surface area contributed by atoms with Crippen LogP contribution in [0.2, 0.25) is 0 Å². The molecule has 1 saturated heterocycles. The highest BCUT2D eigenvalue weighted by Crippen LogP contribution is 2.38. The Bertz CT molecular complexity index is 130. The molecule has 11 heavy (non-hydrogen) atoms. The summed E-state index contributed by atoms with van der Waals surface area (Å²) in [6, 6.07) is 0.955. The molecule has 0 aromatic rings. The quantitative estimate of drug-likeness (QED) is 0.480.